The van der Waals surface area contributed by atoms with Crippen LogP contribution in [0.1, 0.15) is 10.0 Å². The molecule has 7 heteroatoms. The molecule has 2 nitrogen and oxygen atoms in total. The fourth-order valence-corrected chi connectivity index (χ4v) is 4.20. The molecule has 0 aliphatic heterocycles. The summed E-state index contributed by atoms with van der Waals surface area (Å²) in [6.07, 6.45) is 1.94. The van der Waals surface area contributed by atoms with Gasteiger partial charge in [0.15, 0.2) is 0 Å². The molecule has 0 saturated heterocycles. The van der Waals surface area contributed by atoms with Crippen molar-refractivity contribution < 1.29 is 10.9 Å². The number of aryl methyl sites for hydroxylation is 2. The number of hydrogen-bond donors (Lipinski definition) is 0. The van der Waals surface area contributed by atoms with E-state index in [9.17, 15) is 0 Å². The van der Waals surface area contributed by atoms with Gasteiger partial charge < -0.3 is 0 Å². The Morgan fingerprint density at radius 2 is 1.13 bits per heavy atom. The summed E-state index contributed by atoms with van der Waals surface area (Å²) in [4.78, 5) is 9.35. The molecule has 0 fully saturated rings. The third-order valence-corrected chi connectivity index (χ3v) is 5.42. The molecule has 122 valence electrons. The number of rotatable bonds is 3. The zero-order chi connectivity index (χ0) is 16.1. The molecule has 0 bridgehead atoms. The second-order valence-corrected chi connectivity index (χ2v) is 11.9. The van der Waals surface area contributed by atoms with E-state index < -0.39 is 0 Å². The molecule has 2 aromatic carbocycles. The van der Waals surface area contributed by atoms with Crippen molar-refractivity contribution in [3.05, 3.63) is 58.5 Å². The first-order chi connectivity index (χ1) is 11.3. The van der Waals surface area contributed by atoms with Gasteiger partial charge in [0.2, 0.25) is 0 Å². The van der Waals surface area contributed by atoms with Crippen molar-refractivity contribution >= 4 is 71.6 Å². The summed E-state index contributed by atoms with van der Waals surface area (Å²) in [6.45, 7) is 0. The first-order valence-electron chi connectivity index (χ1n) is 6.81. The monoisotopic (exact) mass is 512 g/mol. The SMILES string of the molecule is [Br][Ni][Br].c1ccc2sc(CCc3nc4ccccc4s3)nc2c1. The summed E-state index contributed by atoms with van der Waals surface area (Å²) in [6, 6.07) is 16.6. The van der Waals surface area contributed by atoms with Gasteiger partial charge in [0.05, 0.1) is 30.4 Å². The fourth-order valence-electron chi connectivity index (χ4n) is 2.27. The third-order valence-electron chi connectivity index (χ3n) is 3.23. The van der Waals surface area contributed by atoms with Crippen molar-refractivity contribution in [1.82, 2.24) is 9.97 Å². The molecule has 0 saturated carbocycles. The van der Waals surface area contributed by atoms with E-state index in [1.807, 2.05) is 12.1 Å². The molecule has 23 heavy (non-hydrogen) atoms. The molecule has 0 spiro atoms. The molecular weight excluding hydrogens is 503 g/mol. The van der Waals surface area contributed by atoms with E-state index in [0.29, 0.717) is 0 Å². The number of para-hydroxylation sites is 2. The van der Waals surface area contributed by atoms with Gasteiger partial charge in [-0.2, -0.15) is 0 Å². The standard InChI is InChI=1S/C16H12N2S2.2BrH.Ni/c1-3-7-13-11(5-1)17-15(19-13)9-10-16-18-12-6-2-4-8-14(12)20-16;;;/h1-8H,9-10H2;2*1H;/q;;;+2/p-2. The van der Waals surface area contributed by atoms with Crippen LogP contribution in [0.3, 0.4) is 0 Å². The average molecular weight is 515 g/mol. The number of aromatic nitrogens is 2. The van der Waals surface area contributed by atoms with Gasteiger partial charge in [-0.3, -0.25) is 0 Å². The Kier molecular flexibility index (Phi) is 6.60. The van der Waals surface area contributed by atoms with Crippen LogP contribution in [0.2, 0.25) is 0 Å². The maximum Gasteiger partial charge on any atom is 0.0942 e. The molecule has 0 N–H and O–H groups in total. The molecular formula is C16H12Br2N2NiS2. The Hall–Kier alpha value is -0.326. The summed E-state index contributed by atoms with van der Waals surface area (Å²) < 4.78 is 2.54. The van der Waals surface area contributed by atoms with E-state index in [-0.39, 0.29) is 0 Å². The van der Waals surface area contributed by atoms with E-state index in [1.54, 1.807) is 22.7 Å². The van der Waals surface area contributed by atoms with Gasteiger partial charge >= 0.3 is 39.3 Å². The molecule has 2 aromatic heterocycles. The van der Waals surface area contributed by atoms with Gasteiger partial charge in [-0.25, -0.2) is 9.97 Å². The summed E-state index contributed by atoms with van der Waals surface area (Å²) in [5.41, 5.74) is 2.22. The average Bonchev–Trinajstić information content (AvgIpc) is 3.16. The maximum atomic E-state index is 4.68. The Morgan fingerprint density at radius 1 is 0.739 bits per heavy atom. The number of halogens is 2. The van der Waals surface area contributed by atoms with Crippen molar-refractivity contribution in [3.63, 3.8) is 0 Å². The molecule has 0 atom stereocenters. The number of hydrogen-bond acceptors (Lipinski definition) is 4. The zero-order valence-corrected chi connectivity index (χ0v) is 17.6. The second-order valence-electron chi connectivity index (χ2n) is 4.70. The van der Waals surface area contributed by atoms with Crippen LogP contribution in [-0.4, -0.2) is 9.97 Å². The summed E-state index contributed by atoms with van der Waals surface area (Å²) in [7, 11) is 1.25. The van der Waals surface area contributed by atoms with Crippen LogP contribution >= 0.6 is 51.1 Å². The molecule has 4 rings (SSSR count). The van der Waals surface area contributed by atoms with Crippen LogP contribution < -0.4 is 0 Å². The van der Waals surface area contributed by atoms with Crippen LogP contribution in [-0.2, 0) is 23.7 Å². The van der Waals surface area contributed by atoms with Crippen LogP contribution in [0.15, 0.2) is 48.5 Å². The van der Waals surface area contributed by atoms with E-state index in [4.69, 9.17) is 0 Å². The topological polar surface area (TPSA) is 25.8 Å². The van der Waals surface area contributed by atoms with Crippen LogP contribution in [0.5, 0.6) is 0 Å². The van der Waals surface area contributed by atoms with Crippen molar-refractivity contribution in [2.45, 2.75) is 12.8 Å². The van der Waals surface area contributed by atoms with E-state index in [1.165, 1.54) is 30.3 Å². The first-order valence-corrected chi connectivity index (χ1v) is 13.3. The van der Waals surface area contributed by atoms with Gasteiger partial charge in [-0.05, 0) is 24.3 Å². The van der Waals surface area contributed by atoms with Crippen molar-refractivity contribution in [3.8, 4) is 0 Å². The minimum Gasteiger partial charge on any atom is -0.241 e. The number of fused-ring (bicyclic) bond motifs is 2. The summed E-state index contributed by atoms with van der Waals surface area (Å²) in [5.74, 6) is 0. The van der Waals surface area contributed by atoms with Gasteiger partial charge in [0.25, 0.3) is 0 Å². The Labute approximate surface area is 162 Å². The van der Waals surface area contributed by atoms with E-state index in [2.05, 4.69) is 74.8 Å². The van der Waals surface area contributed by atoms with E-state index >= 15 is 0 Å². The number of nitrogens with zero attached hydrogens (tertiary/aromatic N) is 2. The second kappa shape index (κ2) is 8.68. The van der Waals surface area contributed by atoms with E-state index in [0.717, 1.165) is 23.9 Å². The molecule has 0 amide bonds. The minimum atomic E-state index is 0.971. The number of benzene rings is 2. The zero-order valence-electron chi connectivity index (χ0n) is 11.8. The summed E-state index contributed by atoms with van der Waals surface area (Å²) in [5, 5.41) is 2.40. The van der Waals surface area contributed by atoms with Crippen LogP contribution in [0.25, 0.3) is 20.4 Å². The Morgan fingerprint density at radius 3 is 1.52 bits per heavy atom. The first kappa shape index (κ1) is 17.5. The van der Waals surface area contributed by atoms with Crippen molar-refractivity contribution in [2.75, 3.05) is 0 Å². The smallest absolute Gasteiger partial charge is 0.0942 e. The fraction of sp³-hybridized carbons (Fsp3) is 0.125. The molecule has 0 unspecified atom stereocenters. The maximum absolute atomic E-state index is 4.68. The largest absolute Gasteiger partial charge is 0.241 e. The molecule has 0 radical (unpaired) electrons. The summed E-state index contributed by atoms with van der Waals surface area (Å²) >= 11 is 9.58. The van der Waals surface area contributed by atoms with Crippen molar-refractivity contribution in [1.29, 1.82) is 0 Å². The minimum absolute atomic E-state index is 0.971. The Bertz CT molecular complexity index is 767. The quantitative estimate of drug-likeness (QED) is 0.296. The van der Waals surface area contributed by atoms with Gasteiger partial charge in [-0.15, -0.1) is 22.7 Å². The van der Waals surface area contributed by atoms with Gasteiger partial charge in [0.1, 0.15) is 0 Å². The molecule has 0 aliphatic rings. The molecule has 4 aromatic rings. The van der Waals surface area contributed by atoms with Crippen LogP contribution in [0, 0.1) is 0 Å². The van der Waals surface area contributed by atoms with Crippen LogP contribution in [0.4, 0.5) is 0 Å². The Balaban J connectivity index is 0.000000485. The molecule has 2 heterocycles. The predicted octanol–water partition coefficient (Wildman–Crippen LogP) is 6.38. The predicted molar refractivity (Wildman–Crippen MR) is 105 cm³/mol. The van der Waals surface area contributed by atoms with Crippen molar-refractivity contribution in [2.24, 2.45) is 0 Å². The van der Waals surface area contributed by atoms with Gasteiger partial charge in [-0.1, -0.05) is 24.3 Å². The number of thiazole rings is 2. The molecule has 0 aliphatic carbocycles. The third kappa shape index (κ3) is 4.61. The van der Waals surface area contributed by atoms with Gasteiger partial charge in [0, 0.05) is 12.8 Å². The normalized spacial score (nSPS) is 10.9.